The zero-order valence-electron chi connectivity index (χ0n) is 18.1. The van der Waals surface area contributed by atoms with E-state index >= 15 is 0 Å². The van der Waals surface area contributed by atoms with Crippen molar-refractivity contribution in [2.75, 3.05) is 26.2 Å². The molecular weight excluding hydrogens is 406 g/mol. The quantitative estimate of drug-likeness (QED) is 0.641. The lowest BCUT2D eigenvalue weighted by atomic mass is 10.2. The molecule has 1 aliphatic heterocycles. The van der Waals surface area contributed by atoms with Crippen LogP contribution in [0.3, 0.4) is 0 Å². The molecule has 1 N–H and O–H groups in total. The van der Waals surface area contributed by atoms with E-state index in [2.05, 4.69) is 5.32 Å². The molecule has 0 saturated carbocycles. The van der Waals surface area contributed by atoms with Crippen molar-refractivity contribution in [3.63, 3.8) is 0 Å². The molecule has 7 nitrogen and oxygen atoms in total. The Morgan fingerprint density at radius 2 is 1.59 bits per heavy atom. The Balaban J connectivity index is 1.27. The maximum Gasteiger partial charge on any atom is 0.317 e. The fourth-order valence-corrected chi connectivity index (χ4v) is 3.63. The summed E-state index contributed by atoms with van der Waals surface area (Å²) in [4.78, 5) is 28.6. The highest BCUT2D eigenvalue weighted by molar-refractivity contribution is 5.91. The van der Waals surface area contributed by atoms with Gasteiger partial charge in [0, 0.05) is 38.3 Å². The molecule has 7 heteroatoms. The number of hydrogen-bond donors (Lipinski definition) is 1. The Morgan fingerprint density at radius 1 is 0.906 bits per heavy atom. The number of nitrogens with zero attached hydrogens (tertiary/aromatic N) is 2. The van der Waals surface area contributed by atoms with Gasteiger partial charge in [0.2, 0.25) is 0 Å². The van der Waals surface area contributed by atoms with Crippen LogP contribution in [-0.4, -0.2) is 47.9 Å². The summed E-state index contributed by atoms with van der Waals surface area (Å²) in [5, 5.41) is 2.97. The lowest BCUT2D eigenvalue weighted by Gasteiger charge is -2.34. The molecule has 1 aliphatic rings. The number of urea groups is 1. The Bertz CT molecular complexity index is 1060. The van der Waals surface area contributed by atoms with Gasteiger partial charge in [-0.2, -0.15) is 0 Å². The number of benzene rings is 2. The number of nitrogens with one attached hydrogen (secondary N) is 1. The first-order valence-electron chi connectivity index (χ1n) is 10.7. The number of para-hydroxylation sites is 1. The highest BCUT2D eigenvalue weighted by Crippen LogP contribution is 2.19. The zero-order chi connectivity index (χ0) is 22.3. The van der Waals surface area contributed by atoms with Crippen molar-refractivity contribution in [3.8, 4) is 5.75 Å². The number of ether oxygens (including phenoxy) is 1. The lowest BCUT2D eigenvalue weighted by Crippen LogP contribution is -2.53. The van der Waals surface area contributed by atoms with E-state index < -0.39 is 0 Å². The topological polar surface area (TPSA) is 75.0 Å². The van der Waals surface area contributed by atoms with Gasteiger partial charge in [0.15, 0.2) is 5.76 Å². The summed E-state index contributed by atoms with van der Waals surface area (Å²) in [6.07, 6.45) is 0. The van der Waals surface area contributed by atoms with E-state index in [1.54, 1.807) is 21.9 Å². The fraction of sp³-hybridized carbons (Fsp3) is 0.280. The number of rotatable bonds is 6. The highest BCUT2D eigenvalue weighted by Gasteiger charge is 2.26. The van der Waals surface area contributed by atoms with Gasteiger partial charge in [0.25, 0.3) is 5.91 Å². The zero-order valence-corrected chi connectivity index (χ0v) is 18.1. The average Bonchev–Trinajstić information content (AvgIpc) is 3.28. The minimum Gasteiger partial charge on any atom is -0.489 e. The molecule has 3 amide bonds. The Hall–Kier alpha value is -3.74. The van der Waals surface area contributed by atoms with Gasteiger partial charge < -0.3 is 24.3 Å². The molecule has 0 radical (unpaired) electrons. The van der Waals surface area contributed by atoms with E-state index in [0.29, 0.717) is 50.9 Å². The van der Waals surface area contributed by atoms with E-state index in [-0.39, 0.29) is 11.9 Å². The monoisotopic (exact) mass is 433 g/mol. The molecular formula is C25H27N3O4. The molecule has 166 valence electrons. The third kappa shape index (κ3) is 5.29. The van der Waals surface area contributed by atoms with Crippen LogP contribution < -0.4 is 10.1 Å². The normalized spacial score (nSPS) is 13.7. The van der Waals surface area contributed by atoms with Gasteiger partial charge in [-0.05, 0) is 30.7 Å². The number of hydrogen-bond acceptors (Lipinski definition) is 4. The second kappa shape index (κ2) is 10.0. The van der Waals surface area contributed by atoms with Crippen molar-refractivity contribution in [2.24, 2.45) is 0 Å². The summed E-state index contributed by atoms with van der Waals surface area (Å²) in [6.45, 7) is 4.55. The van der Waals surface area contributed by atoms with Gasteiger partial charge in [0.1, 0.15) is 18.1 Å². The van der Waals surface area contributed by atoms with Crippen molar-refractivity contribution in [1.82, 2.24) is 15.1 Å². The molecule has 2 aromatic carbocycles. The molecule has 1 saturated heterocycles. The molecule has 4 rings (SSSR count). The summed E-state index contributed by atoms with van der Waals surface area (Å²) >= 11 is 0. The van der Waals surface area contributed by atoms with Gasteiger partial charge in [-0.25, -0.2) is 4.79 Å². The van der Waals surface area contributed by atoms with E-state index in [1.165, 1.54) is 0 Å². The van der Waals surface area contributed by atoms with Crippen LogP contribution in [0.15, 0.2) is 71.1 Å². The molecule has 32 heavy (non-hydrogen) atoms. The van der Waals surface area contributed by atoms with Crippen molar-refractivity contribution in [2.45, 2.75) is 20.1 Å². The Labute approximate surface area is 187 Å². The van der Waals surface area contributed by atoms with Crippen LogP contribution in [0, 0.1) is 6.92 Å². The maximum atomic E-state index is 12.7. The summed E-state index contributed by atoms with van der Waals surface area (Å²) in [5.74, 6) is 1.66. The van der Waals surface area contributed by atoms with E-state index in [1.807, 2.05) is 61.5 Å². The standard InChI is InChI=1S/C25H27N3O4/c1-19-11-12-23(32-19)24(29)27-13-15-28(16-14-27)25(30)26-17-21-9-5-6-10-22(21)31-18-20-7-3-2-4-8-20/h2-12H,13-18H2,1H3,(H,26,30). The van der Waals surface area contributed by atoms with Crippen LogP contribution in [-0.2, 0) is 13.2 Å². The summed E-state index contributed by atoms with van der Waals surface area (Å²) in [7, 11) is 0. The second-order valence-corrected chi connectivity index (χ2v) is 7.73. The molecule has 1 aromatic heterocycles. The van der Waals surface area contributed by atoms with Crippen LogP contribution in [0.1, 0.15) is 27.4 Å². The van der Waals surface area contributed by atoms with Crippen molar-refractivity contribution in [1.29, 1.82) is 0 Å². The number of furan rings is 1. The van der Waals surface area contributed by atoms with Gasteiger partial charge >= 0.3 is 6.03 Å². The molecule has 0 unspecified atom stereocenters. The molecule has 3 aromatic rings. The van der Waals surface area contributed by atoms with Crippen LogP contribution in [0.2, 0.25) is 0 Å². The maximum absolute atomic E-state index is 12.7. The smallest absolute Gasteiger partial charge is 0.317 e. The third-order valence-electron chi connectivity index (χ3n) is 5.45. The molecule has 0 atom stereocenters. The molecule has 1 fully saturated rings. The highest BCUT2D eigenvalue weighted by atomic mass is 16.5. The van der Waals surface area contributed by atoms with E-state index in [9.17, 15) is 9.59 Å². The first-order valence-corrected chi connectivity index (χ1v) is 10.7. The fourth-order valence-electron chi connectivity index (χ4n) is 3.63. The first-order chi connectivity index (χ1) is 15.6. The number of aryl methyl sites for hydroxylation is 1. The third-order valence-corrected chi connectivity index (χ3v) is 5.45. The Kier molecular flexibility index (Phi) is 6.75. The second-order valence-electron chi connectivity index (χ2n) is 7.73. The van der Waals surface area contributed by atoms with Crippen LogP contribution in [0.25, 0.3) is 0 Å². The van der Waals surface area contributed by atoms with Crippen LogP contribution >= 0.6 is 0 Å². The summed E-state index contributed by atoms with van der Waals surface area (Å²) < 4.78 is 11.4. The number of amides is 3. The predicted octanol–water partition coefficient (Wildman–Crippen LogP) is 3.83. The average molecular weight is 434 g/mol. The minimum atomic E-state index is -0.149. The Morgan fingerprint density at radius 3 is 2.31 bits per heavy atom. The molecule has 0 bridgehead atoms. The van der Waals surface area contributed by atoms with Gasteiger partial charge in [0.05, 0.1) is 0 Å². The van der Waals surface area contributed by atoms with Gasteiger partial charge in [-0.15, -0.1) is 0 Å². The number of carbonyl (C=O) groups is 2. The van der Waals surface area contributed by atoms with Crippen LogP contribution in [0.5, 0.6) is 5.75 Å². The lowest BCUT2D eigenvalue weighted by molar-refractivity contribution is 0.0632. The SMILES string of the molecule is Cc1ccc(C(=O)N2CCN(C(=O)NCc3ccccc3OCc3ccccc3)CC2)o1. The molecule has 0 aliphatic carbocycles. The largest absolute Gasteiger partial charge is 0.489 e. The molecule has 2 heterocycles. The van der Waals surface area contributed by atoms with Gasteiger partial charge in [-0.1, -0.05) is 48.5 Å². The number of carbonyl (C=O) groups excluding carboxylic acids is 2. The van der Waals surface area contributed by atoms with Crippen LogP contribution in [0.4, 0.5) is 4.79 Å². The first kappa shape index (κ1) is 21.5. The van der Waals surface area contributed by atoms with E-state index in [4.69, 9.17) is 9.15 Å². The van der Waals surface area contributed by atoms with Crippen molar-refractivity contribution >= 4 is 11.9 Å². The van der Waals surface area contributed by atoms with Crippen molar-refractivity contribution < 1.29 is 18.7 Å². The molecule has 0 spiro atoms. The summed E-state index contributed by atoms with van der Waals surface area (Å²) in [6, 6.07) is 21.0. The van der Waals surface area contributed by atoms with E-state index in [0.717, 1.165) is 16.9 Å². The minimum absolute atomic E-state index is 0.136. The number of piperazine rings is 1. The van der Waals surface area contributed by atoms with Crippen molar-refractivity contribution in [3.05, 3.63) is 89.4 Å². The van der Waals surface area contributed by atoms with Gasteiger partial charge in [-0.3, -0.25) is 4.79 Å². The predicted molar refractivity (Wildman–Crippen MR) is 120 cm³/mol. The summed E-state index contributed by atoms with van der Waals surface area (Å²) in [5.41, 5.74) is 2.00.